The lowest BCUT2D eigenvalue weighted by molar-refractivity contribution is 0.112. The molecular weight excluding hydrogens is 370 g/mol. The maximum atomic E-state index is 11.0. The van der Waals surface area contributed by atoms with Crippen LogP contribution in [0.1, 0.15) is 20.8 Å². The van der Waals surface area contributed by atoms with Crippen molar-refractivity contribution < 1.29 is 4.79 Å². The van der Waals surface area contributed by atoms with Crippen LogP contribution >= 0.6 is 11.3 Å². The van der Waals surface area contributed by atoms with Crippen LogP contribution in [0.25, 0.3) is 32.6 Å². The van der Waals surface area contributed by atoms with Crippen molar-refractivity contribution in [3.63, 3.8) is 0 Å². The highest BCUT2D eigenvalue weighted by Crippen LogP contribution is 2.27. The Balaban J connectivity index is 1.53. The highest BCUT2D eigenvalue weighted by Gasteiger charge is 2.11. The van der Waals surface area contributed by atoms with Gasteiger partial charge in [-0.25, -0.2) is 9.67 Å². The minimum Gasteiger partial charge on any atom is -0.297 e. The Labute approximate surface area is 164 Å². The molecule has 28 heavy (non-hydrogen) atoms. The van der Waals surface area contributed by atoms with E-state index in [0.717, 1.165) is 50.1 Å². The van der Waals surface area contributed by atoms with Gasteiger partial charge in [0.15, 0.2) is 11.9 Å². The van der Waals surface area contributed by atoms with Gasteiger partial charge in [-0.2, -0.15) is 0 Å². The van der Waals surface area contributed by atoms with E-state index < -0.39 is 0 Å². The zero-order chi connectivity index (χ0) is 19.1. The fraction of sp³-hybridized carbons (Fsp3) is 0.0952. The van der Waals surface area contributed by atoms with Gasteiger partial charge < -0.3 is 0 Å². The van der Waals surface area contributed by atoms with Crippen LogP contribution in [0.15, 0.2) is 54.7 Å². The summed E-state index contributed by atoms with van der Waals surface area (Å²) < 4.78 is 1.80. The van der Waals surface area contributed by atoms with Crippen molar-refractivity contribution in [2.45, 2.75) is 13.5 Å². The van der Waals surface area contributed by atoms with E-state index in [0.29, 0.717) is 11.4 Å². The first-order valence-electron chi connectivity index (χ1n) is 8.80. The number of pyridine rings is 2. The van der Waals surface area contributed by atoms with Crippen LogP contribution in [0, 0.1) is 6.92 Å². The average molecular weight is 385 g/mol. The first-order chi connectivity index (χ1) is 13.7. The monoisotopic (exact) mass is 385 g/mol. The van der Waals surface area contributed by atoms with Gasteiger partial charge in [-0.3, -0.25) is 9.78 Å². The van der Waals surface area contributed by atoms with Crippen molar-refractivity contribution in [2.75, 3.05) is 0 Å². The van der Waals surface area contributed by atoms with E-state index in [1.165, 1.54) is 11.3 Å². The molecule has 0 amide bonds. The van der Waals surface area contributed by atoms with Gasteiger partial charge in [-0.1, -0.05) is 11.3 Å². The summed E-state index contributed by atoms with van der Waals surface area (Å²) >= 11 is 1.42. The van der Waals surface area contributed by atoms with E-state index in [2.05, 4.69) is 33.5 Å². The summed E-state index contributed by atoms with van der Waals surface area (Å²) in [7, 11) is 0. The molecule has 4 heterocycles. The molecule has 0 unspecified atom stereocenters. The average Bonchev–Trinajstić information content (AvgIpc) is 3.34. The number of hydrogen-bond acceptors (Lipinski definition) is 6. The predicted octanol–water partition coefficient (Wildman–Crippen LogP) is 4.27. The van der Waals surface area contributed by atoms with Crippen LogP contribution in [0.4, 0.5) is 0 Å². The van der Waals surface area contributed by atoms with Crippen molar-refractivity contribution in [3.05, 3.63) is 70.7 Å². The molecule has 5 aromatic rings. The lowest BCUT2D eigenvalue weighted by Crippen LogP contribution is -2.03. The van der Waals surface area contributed by atoms with Gasteiger partial charge in [-0.05, 0) is 60.5 Å². The van der Waals surface area contributed by atoms with Crippen LogP contribution in [0.3, 0.4) is 0 Å². The van der Waals surface area contributed by atoms with Gasteiger partial charge in [0.1, 0.15) is 5.52 Å². The standard InChI is InChI=1S/C21H15N5OS/c1-13-8-15-9-14(2-4-17(15)22-10-13)11-26-21-19(24-25-26)6-5-18(23-21)20-7-3-16(12-27)28-20/h2-10,12H,11H2,1H3. The van der Waals surface area contributed by atoms with Crippen molar-refractivity contribution in [2.24, 2.45) is 0 Å². The number of fused-ring (bicyclic) bond motifs is 2. The number of thiophene rings is 1. The van der Waals surface area contributed by atoms with Crippen molar-refractivity contribution >= 4 is 39.7 Å². The summed E-state index contributed by atoms with van der Waals surface area (Å²) in [5, 5.41) is 9.62. The van der Waals surface area contributed by atoms with Crippen LogP contribution in [0.5, 0.6) is 0 Å². The number of aryl methyl sites for hydroxylation is 1. The second-order valence-corrected chi connectivity index (χ2v) is 7.76. The van der Waals surface area contributed by atoms with Crippen molar-refractivity contribution in [3.8, 4) is 10.6 Å². The number of aldehydes is 1. The summed E-state index contributed by atoms with van der Waals surface area (Å²) in [4.78, 5) is 21.8. The zero-order valence-corrected chi connectivity index (χ0v) is 15.8. The number of carbonyl (C=O) groups excluding carboxylic acids is 1. The molecule has 0 saturated carbocycles. The first kappa shape index (κ1) is 16.7. The molecular formula is C21H15N5OS. The molecule has 0 aliphatic carbocycles. The van der Waals surface area contributed by atoms with Crippen molar-refractivity contribution in [1.29, 1.82) is 0 Å². The number of benzene rings is 1. The topological polar surface area (TPSA) is 73.6 Å². The molecule has 0 fully saturated rings. The second-order valence-electron chi connectivity index (χ2n) is 6.65. The molecule has 0 atom stereocenters. The van der Waals surface area contributed by atoms with Gasteiger partial charge in [0.05, 0.1) is 27.5 Å². The van der Waals surface area contributed by atoms with E-state index >= 15 is 0 Å². The summed E-state index contributed by atoms with van der Waals surface area (Å²) in [6.07, 6.45) is 2.73. The SMILES string of the molecule is Cc1cnc2ccc(Cn3nnc4ccc(-c5ccc(C=O)s5)nc43)cc2c1. The largest absolute Gasteiger partial charge is 0.297 e. The molecule has 7 heteroatoms. The minimum atomic E-state index is 0.570. The molecule has 1 aromatic carbocycles. The Kier molecular flexibility index (Phi) is 3.95. The summed E-state index contributed by atoms with van der Waals surface area (Å²) in [6, 6.07) is 15.9. The summed E-state index contributed by atoms with van der Waals surface area (Å²) in [6.45, 7) is 2.61. The van der Waals surface area contributed by atoms with E-state index in [9.17, 15) is 4.79 Å². The van der Waals surface area contributed by atoms with E-state index in [1.807, 2.05) is 37.4 Å². The molecule has 0 spiro atoms. The van der Waals surface area contributed by atoms with Crippen LogP contribution in [-0.2, 0) is 6.54 Å². The fourth-order valence-corrected chi connectivity index (χ4v) is 4.01. The Bertz CT molecular complexity index is 1340. The summed E-state index contributed by atoms with van der Waals surface area (Å²) in [5.41, 5.74) is 5.50. The lowest BCUT2D eigenvalue weighted by atomic mass is 10.1. The third kappa shape index (κ3) is 2.95. The second kappa shape index (κ2) is 6.61. The Morgan fingerprint density at radius 2 is 1.96 bits per heavy atom. The Morgan fingerprint density at radius 3 is 2.82 bits per heavy atom. The molecule has 0 aliphatic heterocycles. The first-order valence-corrected chi connectivity index (χ1v) is 9.62. The van der Waals surface area contributed by atoms with Crippen LogP contribution in [0.2, 0.25) is 0 Å². The van der Waals surface area contributed by atoms with Gasteiger partial charge in [0, 0.05) is 11.6 Å². The third-order valence-electron chi connectivity index (χ3n) is 4.57. The third-order valence-corrected chi connectivity index (χ3v) is 5.60. The highest BCUT2D eigenvalue weighted by molar-refractivity contribution is 7.17. The lowest BCUT2D eigenvalue weighted by Gasteiger charge is -2.05. The maximum Gasteiger partial charge on any atom is 0.179 e. The van der Waals surface area contributed by atoms with E-state index in [1.54, 1.807) is 10.7 Å². The highest BCUT2D eigenvalue weighted by atomic mass is 32.1. The predicted molar refractivity (Wildman–Crippen MR) is 110 cm³/mol. The molecule has 4 aromatic heterocycles. The molecule has 0 aliphatic rings. The molecule has 5 rings (SSSR count). The van der Waals surface area contributed by atoms with Gasteiger partial charge >= 0.3 is 0 Å². The normalized spacial score (nSPS) is 11.3. The number of rotatable bonds is 4. The van der Waals surface area contributed by atoms with Gasteiger partial charge in [-0.15, -0.1) is 16.4 Å². The Morgan fingerprint density at radius 1 is 1.07 bits per heavy atom. The minimum absolute atomic E-state index is 0.570. The number of nitrogens with zero attached hydrogens (tertiary/aromatic N) is 5. The summed E-state index contributed by atoms with van der Waals surface area (Å²) in [5.74, 6) is 0. The quantitative estimate of drug-likeness (QED) is 0.432. The van der Waals surface area contributed by atoms with Crippen LogP contribution < -0.4 is 0 Å². The molecule has 0 N–H and O–H groups in total. The fourth-order valence-electron chi connectivity index (χ4n) is 3.21. The molecule has 6 nitrogen and oxygen atoms in total. The molecule has 136 valence electrons. The van der Waals surface area contributed by atoms with Gasteiger partial charge in [0.2, 0.25) is 0 Å². The van der Waals surface area contributed by atoms with Crippen LogP contribution in [-0.4, -0.2) is 31.2 Å². The molecule has 0 bridgehead atoms. The molecule has 0 radical (unpaired) electrons. The number of hydrogen-bond donors (Lipinski definition) is 0. The maximum absolute atomic E-state index is 11.0. The Hall–Kier alpha value is -3.45. The van der Waals surface area contributed by atoms with E-state index in [4.69, 9.17) is 4.98 Å². The van der Waals surface area contributed by atoms with E-state index in [-0.39, 0.29) is 0 Å². The number of carbonyl (C=O) groups is 1. The smallest absolute Gasteiger partial charge is 0.179 e. The molecule has 0 saturated heterocycles. The zero-order valence-electron chi connectivity index (χ0n) is 15.0. The van der Waals surface area contributed by atoms with Gasteiger partial charge in [0.25, 0.3) is 0 Å². The van der Waals surface area contributed by atoms with Crippen molar-refractivity contribution in [1.82, 2.24) is 25.0 Å². The number of aromatic nitrogens is 5.